The van der Waals surface area contributed by atoms with Crippen molar-refractivity contribution in [2.75, 3.05) is 0 Å². The third kappa shape index (κ3) is 1.60. The first-order chi connectivity index (χ1) is 6.77. The summed E-state index contributed by atoms with van der Waals surface area (Å²) in [6, 6.07) is 1.69. The molecule has 0 aliphatic carbocycles. The van der Waals surface area contributed by atoms with Crippen molar-refractivity contribution >= 4 is 17.3 Å². The van der Waals surface area contributed by atoms with Crippen LogP contribution in [0.4, 0.5) is 0 Å². The Kier molecular flexibility index (Phi) is 2.19. The van der Waals surface area contributed by atoms with Crippen LogP contribution in [0.5, 0.6) is 0 Å². The highest BCUT2D eigenvalue weighted by atomic mass is 32.1. The summed E-state index contributed by atoms with van der Waals surface area (Å²) in [6.07, 6.45) is 4.48. The van der Waals surface area contributed by atoms with Crippen LogP contribution in [0.25, 0.3) is 10.8 Å². The van der Waals surface area contributed by atoms with Gasteiger partial charge in [-0.2, -0.15) is 0 Å². The van der Waals surface area contributed by atoms with Crippen molar-refractivity contribution in [2.24, 2.45) is 0 Å². The lowest BCUT2D eigenvalue weighted by Crippen LogP contribution is -1.89. The first-order valence-corrected chi connectivity index (χ1v) is 4.55. The van der Waals surface area contributed by atoms with Crippen molar-refractivity contribution in [2.45, 2.75) is 0 Å². The van der Waals surface area contributed by atoms with Gasteiger partial charge in [0.15, 0.2) is 10.8 Å². The van der Waals surface area contributed by atoms with Crippen LogP contribution >= 0.6 is 11.3 Å². The van der Waals surface area contributed by atoms with Crippen molar-refractivity contribution in [1.82, 2.24) is 15.0 Å². The lowest BCUT2D eigenvalue weighted by Gasteiger charge is -1.90. The lowest BCUT2D eigenvalue weighted by molar-refractivity contribution is 0.0702. The van der Waals surface area contributed by atoms with E-state index in [4.69, 9.17) is 5.11 Å². The molecule has 0 aliphatic heterocycles. The number of rotatable bonds is 2. The molecule has 2 heterocycles. The predicted octanol–water partition coefficient (Wildman–Crippen LogP) is 1.30. The molecule has 70 valence electrons. The molecular formula is C8H5N3O2S. The zero-order valence-electron chi connectivity index (χ0n) is 6.91. The largest absolute Gasteiger partial charge is 0.477 e. The number of aromatic nitrogens is 3. The van der Waals surface area contributed by atoms with Gasteiger partial charge >= 0.3 is 5.97 Å². The number of thiazole rings is 1. The highest BCUT2D eigenvalue weighted by Gasteiger charge is 2.10. The molecule has 0 amide bonds. The summed E-state index contributed by atoms with van der Waals surface area (Å²) < 4.78 is 0. The molecule has 0 fully saturated rings. The molecule has 0 bridgehead atoms. The lowest BCUT2D eigenvalue weighted by atomic mass is 10.5. The number of nitrogens with zero attached hydrogens (tertiary/aromatic N) is 3. The standard InChI is InChI=1S/C8H5N3O2S/c12-8(13)5-4-11-7(14-5)6-9-2-1-3-10-6/h1-4H,(H,12,13). The van der Waals surface area contributed by atoms with E-state index in [-0.39, 0.29) is 4.88 Å². The van der Waals surface area contributed by atoms with Gasteiger partial charge in [0.2, 0.25) is 0 Å². The molecule has 0 saturated carbocycles. The second kappa shape index (κ2) is 3.51. The molecule has 5 nitrogen and oxygen atoms in total. The Hall–Kier alpha value is -1.82. The maximum Gasteiger partial charge on any atom is 0.347 e. The van der Waals surface area contributed by atoms with Crippen LogP contribution in [0.1, 0.15) is 9.67 Å². The molecule has 0 radical (unpaired) electrons. The maximum atomic E-state index is 10.6. The van der Waals surface area contributed by atoms with Gasteiger partial charge in [0, 0.05) is 12.4 Å². The zero-order chi connectivity index (χ0) is 9.97. The van der Waals surface area contributed by atoms with E-state index in [0.717, 1.165) is 11.3 Å². The summed E-state index contributed by atoms with van der Waals surface area (Å²) in [5, 5.41) is 9.19. The Balaban J connectivity index is 2.39. The number of aromatic carboxylic acids is 1. The van der Waals surface area contributed by atoms with Crippen LogP contribution in [0.3, 0.4) is 0 Å². The molecular weight excluding hydrogens is 202 g/mol. The smallest absolute Gasteiger partial charge is 0.347 e. The van der Waals surface area contributed by atoms with Crippen molar-refractivity contribution in [3.05, 3.63) is 29.5 Å². The van der Waals surface area contributed by atoms with E-state index in [2.05, 4.69) is 15.0 Å². The van der Waals surface area contributed by atoms with Gasteiger partial charge in [0.25, 0.3) is 0 Å². The number of carbonyl (C=O) groups is 1. The molecule has 2 rings (SSSR count). The fourth-order valence-electron chi connectivity index (χ4n) is 0.886. The van der Waals surface area contributed by atoms with Crippen LogP contribution in [0.2, 0.25) is 0 Å². The molecule has 2 aromatic heterocycles. The SMILES string of the molecule is O=C(O)c1cnc(-c2ncccn2)s1. The minimum atomic E-state index is -0.982. The summed E-state index contributed by atoms with van der Waals surface area (Å²) in [5.41, 5.74) is 0. The van der Waals surface area contributed by atoms with Gasteiger partial charge in [-0.1, -0.05) is 0 Å². The van der Waals surface area contributed by atoms with E-state index in [0.29, 0.717) is 10.8 Å². The molecule has 1 N–H and O–H groups in total. The molecule has 2 aromatic rings. The van der Waals surface area contributed by atoms with Gasteiger partial charge in [-0.05, 0) is 6.07 Å². The molecule has 0 spiro atoms. The average Bonchev–Trinajstić information content (AvgIpc) is 2.68. The Morgan fingerprint density at radius 3 is 2.57 bits per heavy atom. The van der Waals surface area contributed by atoms with Gasteiger partial charge in [-0.3, -0.25) is 0 Å². The van der Waals surface area contributed by atoms with Crippen molar-refractivity contribution in [1.29, 1.82) is 0 Å². The van der Waals surface area contributed by atoms with E-state index in [1.807, 2.05) is 0 Å². The average molecular weight is 207 g/mol. The van der Waals surface area contributed by atoms with Gasteiger partial charge in [0.05, 0.1) is 6.20 Å². The van der Waals surface area contributed by atoms with Gasteiger partial charge in [-0.25, -0.2) is 19.7 Å². The predicted molar refractivity (Wildman–Crippen MR) is 50.1 cm³/mol. The topological polar surface area (TPSA) is 76.0 Å². The maximum absolute atomic E-state index is 10.6. The van der Waals surface area contributed by atoms with E-state index < -0.39 is 5.97 Å². The monoisotopic (exact) mass is 207 g/mol. The van der Waals surface area contributed by atoms with E-state index in [9.17, 15) is 4.79 Å². The fraction of sp³-hybridized carbons (Fsp3) is 0. The third-order valence-corrected chi connectivity index (χ3v) is 2.45. The normalized spacial score (nSPS) is 10.0. The molecule has 0 atom stereocenters. The van der Waals surface area contributed by atoms with Crippen molar-refractivity contribution in [3.8, 4) is 10.8 Å². The Morgan fingerprint density at radius 2 is 2.00 bits per heavy atom. The summed E-state index contributed by atoms with van der Waals surface area (Å²) >= 11 is 1.06. The minimum Gasteiger partial charge on any atom is -0.477 e. The Bertz CT molecular complexity index is 455. The Morgan fingerprint density at radius 1 is 1.29 bits per heavy atom. The van der Waals surface area contributed by atoms with E-state index in [1.165, 1.54) is 6.20 Å². The number of carboxylic acid groups (broad SMARTS) is 1. The molecule has 0 saturated heterocycles. The van der Waals surface area contributed by atoms with Gasteiger partial charge in [0.1, 0.15) is 4.88 Å². The summed E-state index contributed by atoms with van der Waals surface area (Å²) in [7, 11) is 0. The van der Waals surface area contributed by atoms with E-state index in [1.54, 1.807) is 18.5 Å². The number of hydrogen-bond donors (Lipinski definition) is 1. The number of carboxylic acids is 1. The fourth-order valence-corrected chi connectivity index (χ4v) is 1.59. The van der Waals surface area contributed by atoms with Crippen LogP contribution in [0.15, 0.2) is 24.7 Å². The highest BCUT2D eigenvalue weighted by Crippen LogP contribution is 2.20. The summed E-state index contributed by atoms with van der Waals surface area (Å²) in [5.74, 6) is -0.533. The zero-order valence-corrected chi connectivity index (χ0v) is 7.73. The highest BCUT2D eigenvalue weighted by molar-refractivity contribution is 7.16. The van der Waals surface area contributed by atoms with Crippen LogP contribution < -0.4 is 0 Å². The molecule has 0 aliphatic rings. The molecule has 6 heteroatoms. The summed E-state index contributed by atoms with van der Waals surface area (Å²) in [6.45, 7) is 0. The van der Waals surface area contributed by atoms with E-state index >= 15 is 0 Å². The molecule has 0 aromatic carbocycles. The Labute approximate surface area is 83.1 Å². The van der Waals surface area contributed by atoms with Crippen LogP contribution in [0, 0.1) is 0 Å². The number of hydrogen-bond acceptors (Lipinski definition) is 5. The third-order valence-electron chi connectivity index (χ3n) is 1.47. The van der Waals surface area contributed by atoms with Crippen molar-refractivity contribution in [3.63, 3.8) is 0 Å². The second-order valence-corrected chi connectivity index (χ2v) is 3.44. The van der Waals surface area contributed by atoms with Crippen LogP contribution in [-0.4, -0.2) is 26.0 Å². The molecule has 14 heavy (non-hydrogen) atoms. The molecule has 0 unspecified atom stereocenters. The van der Waals surface area contributed by atoms with Crippen molar-refractivity contribution < 1.29 is 9.90 Å². The first-order valence-electron chi connectivity index (χ1n) is 3.74. The second-order valence-electron chi connectivity index (χ2n) is 2.41. The first kappa shape index (κ1) is 8.76. The van der Waals surface area contributed by atoms with Gasteiger partial charge < -0.3 is 5.11 Å². The summed E-state index contributed by atoms with van der Waals surface area (Å²) in [4.78, 5) is 22.6. The van der Waals surface area contributed by atoms with Crippen LogP contribution in [-0.2, 0) is 0 Å². The quantitative estimate of drug-likeness (QED) is 0.803. The minimum absolute atomic E-state index is 0.187. The van der Waals surface area contributed by atoms with Gasteiger partial charge in [-0.15, -0.1) is 11.3 Å².